The van der Waals surface area contributed by atoms with Crippen LogP contribution < -0.4 is 5.73 Å². The molecule has 6 heteroatoms. The molecule has 2 saturated carbocycles. The number of guanidine groups is 1. The molecule has 0 spiro atoms. The van der Waals surface area contributed by atoms with E-state index in [-0.39, 0.29) is 42.7 Å². The van der Waals surface area contributed by atoms with E-state index in [0.717, 1.165) is 25.7 Å². The molecular formula is C13H24F2IN3. The number of nitrogens with zero attached hydrogens (tertiary/aromatic N) is 2. The van der Waals surface area contributed by atoms with Gasteiger partial charge in [0, 0.05) is 32.5 Å². The fourth-order valence-electron chi connectivity index (χ4n) is 2.58. The van der Waals surface area contributed by atoms with Crippen molar-refractivity contribution in [2.75, 3.05) is 13.6 Å². The molecule has 2 aliphatic carbocycles. The van der Waals surface area contributed by atoms with E-state index in [1.807, 2.05) is 11.9 Å². The third-order valence-electron chi connectivity index (χ3n) is 3.96. The second-order valence-corrected chi connectivity index (χ2v) is 5.71. The standard InChI is InChI=1S/C13H23F2N3.HI/c1-18(11-5-6-11)12(16)17-9-10-4-2-3-7-13(14,15)8-10;/h10-11H,2-9H2,1H3,(H2,16,17);1H. The first-order chi connectivity index (χ1) is 8.48. The van der Waals surface area contributed by atoms with E-state index in [2.05, 4.69) is 4.99 Å². The van der Waals surface area contributed by atoms with Gasteiger partial charge < -0.3 is 10.6 Å². The minimum Gasteiger partial charge on any atom is -0.370 e. The van der Waals surface area contributed by atoms with Crippen molar-refractivity contribution in [3.63, 3.8) is 0 Å². The largest absolute Gasteiger partial charge is 0.370 e. The Balaban J connectivity index is 0.00000180. The number of halogens is 3. The van der Waals surface area contributed by atoms with Crippen LogP contribution in [0.1, 0.15) is 44.9 Å². The first-order valence-electron chi connectivity index (χ1n) is 6.88. The minimum absolute atomic E-state index is 0. The summed E-state index contributed by atoms with van der Waals surface area (Å²) in [6, 6.07) is 0.518. The van der Waals surface area contributed by atoms with Gasteiger partial charge in [0.05, 0.1) is 0 Å². The van der Waals surface area contributed by atoms with E-state index >= 15 is 0 Å². The van der Waals surface area contributed by atoms with Crippen LogP contribution in [0.25, 0.3) is 0 Å². The highest BCUT2D eigenvalue weighted by Crippen LogP contribution is 2.35. The zero-order valence-electron chi connectivity index (χ0n) is 11.4. The van der Waals surface area contributed by atoms with Crippen LogP contribution in [0.4, 0.5) is 8.78 Å². The second kappa shape index (κ2) is 7.04. The third-order valence-corrected chi connectivity index (χ3v) is 3.96. The minimum atomic E-state index is -2.51. The topological polar surface area (TPSA) is 41.6 Å². The molecule has 2 rings (SSSR count). The molecule has 0 amide bonds. The zero-order valence-corrected chi connectivity index (χ0v) is 13.8. The lowest BCUT2D eigenvalue weighted by atomic mass is 9.99. The van der Waals surface area contributed by atoms with E-state index in [1.165, 1.54) is 0 Å². The monoisotopic (exact) mass is 387 g/mol. The maximum Gasteiger partial charge on any atom is 0.248 e. The molecule has 0 aromatic carbocycles. The molecule has 0 saturated heterocycles. The van der Waals surface area contributed by atoms with Crippen LogP contribution >= 0.6 is 24.0 Å². The molecule has 2 aliphatic rings. The van der Waals surface area contributed by atoms with E-state index in [9.17, 15) is 8.78 Å². The van der Waals surface area contributed by atoms with Crippen LogP contribution in [0, 0.1) is 5.92 Å². The van der Waals surface area contributed by atoms with Gasteiger partial charge in [0.25, 0.3) is 0 Å². The Hall–Kier alpha value is -0.140. The van der Waals surface area contributed by atoms with Crippen molar-refractivity contribution in [2.45, 2.75) is 56.9 Å². The molecule has 2 fully saturated rings. The summed E-state index contributed by atoms with van der Waals surface area (Å²) >= 11 is 0. The van der Waals surface area contributed by atoms with Gasteiger partial charge in [0.15, 0.2) is 5.96 Å². The van der Waals surface area contributed by atoms with Crippen LogP contribution in [-0.2, 0) is 0 Å². The van der Waals surface area contributed by atoms with Crippen molar-refractivity contribution < 1.29 is 8.78 Å². The zero-order chi connectivity index (χ0) is 13.2. The maximum absolute atomic E-state index is 13.4. The third kappa shape index (κ3) is 5.39. The van der Waals surface area contributed by atoms with Gasteiger partial charge in [-0.15, -0.1) is 24.0 Å². The molecule has 112 valence electrons. The van der Waals surface area contributed by atoms with Crippen LogP contribution in [0.2, 0.25) is 0 Å². The molecular weight excluding hydrogens is 363 g/mol. The molecule has 1 atom stereocenters. The summed E-state index contributed by atoms with van der Waals surface area (Å²) in [4.78, 5) is 6.27. The highest BCUT2D eigenvalue weighted by Gasteiger charge is 2.34. The van der Waals surface area contributed by atoms with E-state index in [4.69, 9.17) is 5.73 Å². The lowest BCUT2D eigenvalue weighted by Crippen LogP contribution is -2.36. The lowest BCUT2D eigenvalue weighted by molar-refractivity contribution is -0.0241. The van der Waals surface area contributed by atoms with Crippen molar-refractivity contribution in [3.05, 3.63) is 0 Å². The fourth-order valence-corrected chi connectivity index (χ4v) is 2.58. The summed E-state index contributed by atoms with van der Waals surface area (Å²) in [5, 5.41) is 0. The number of aliphatic imine (C=N–C) groups is 1. The van der Waals surface area contributed by atoms with Crippen LogP contribution in [0.5, 0.6) is 0 Å². The maximum atomic E-state index is 13.4. The number of nitrogens with two attached hydrogens (primary N) is 1. The first-order valence-corrected chi connectivity index (χ1v) is 6.88. The van der Waals surface area contributed by atoms with E-state index < -0.39 is 5.92 Å². The van der Waals surface area contributed by atoms with Crippen molar-refractivity contribution in [1.29, 1.82) is 0 Å². The Morgan fingerprint density at radius 1 is 1.32 bits per heavy atom. The summed E-state index contributed by atoms with van der Waals surface area (Å²) in [7, 11) is 1.93. The smallest absolute Gasteiger partial charge is 0.248 e. The highest BCUT2D eigenvalue weighted by atomic mass is 127. The predicted octanol–water partition coefficient (Wildman–Crippen LogP) is 3.23. The summed E-state index contributed by atoms with van der Waals surface area (Å²) in [6.07, 6.45) is 4.68. The molecule has 3 nitrogen and oxygen atoms in total. The summed E-state index contributed by atoms with van der Waals surface area (Å²) < 4.78 is 26.9. The lowest BCUT2D eigenvalue weighted by Gasteiger charge is -2.20. The second-order valence-electron chi connectivity index (χ2n) is 5.71. The molecule has 1 unspecified atom stereocenters. The first kappa shape index (κ1) is 16.9. The number of hydrogen-bond acceptors (Lipinski definition) is 1. The van der Waals surface area contributed by atoms with Crippen molar-refractivity contribution >= 4 is 29.9 Å². The molecule has 2 N–H and O–H groups in total. The molecule has 0 bridgehead atoms. The van der Waals surface area contributed by atoms with Crippen LogP contribution in [-0.4, -0.2) is 36.4 Å². The summed E-state index contributed by atoms with van der Waals surface area (Å²) in [5.74, 6) is -2.02. The summed E-state index contributed by atoms with van der Waals surface area (Å²) in [5.41, 5.74) is 5.87. The van der Waals surface area contributed by atoms with E-state index in [1.54, 1.807) is 0 Å². The van der Waals surface area contributed by atoms with Crippen molar-refractivity contribution in [1.82, 2.24) is 4.90 Å². The number of hydrogen-bond donors (Lipinski definition) is 1. The Morgan fingerprint density at radius 3 is 2.63 bits per heavy atom. The molecule has 0 aromatic heterocycles. The van der Waals surface area contributed by atoms with Gasteiger partial charge in [-0.1, -0.05) is 6.42 Å². The average Bonchev–Trinajstić information content (AvgIpc) is 3.12. The number of alkyl halides is 2. The Labute approximate surface area is 131 Å². The Bertz CT molecular complexity index is 319. The van der Waals surface area contributed by atoms with Gasteiger partial charge in [0.2, 0.25) is 5.92 Å². The molecule has 0 heterocycles. The van der Waals surface area contributed by atoms with Gasteiger partial charge in [-0.2, -0.15) is 0 Å². The Kier molecular flexibility index (Phi) is 6.26. The normalized spacial score (nSPS) is 27.3. The molecule has 0 aromatic rings. The molecule has 0 radical (unpaired) electrons. The molecule has 19 heavy (non-hydrogen) atoms. The van der Waals surface area contributed by atoms with Gasteiger partial charge >= 0.3 is 0 Å². The van der Waals surface area contributed by atoms with Crippen LogP contribution in [0.3, 0.4) is 0 Å². The summed E-state index contributed by atoms with van der Waals surface area (Å²) in [6.45, 7) is 0.443. The van der Waals surface area contributed by atoms with Gasteiger partial charge in [-0.3, -0.25) is 4.99 Å². The van der Waals surface area contributed by atoms with Crippen LogP contribution in [0.15, 0.2) is 4.99 Å². The van der Waals surface area contributed by atoms with Crippen molar-refractivity contribution in [3.8, 4) is 0 Å². The molecule has 0 aliphatic heterocycles. The van der Waals surface area contributed by atoms with Gasteiger partial charge in [0.1, 0.15) is 0 Å². The number of rotatable bonds is 3. The quantitative estimate of drug-likeness (QED) is 0.350. The van der Waals surface area contributed by atoms with Gasteiger partial charge in [-0.25, -0.2) is 8.78 Å². The predicted molar refractivity (Wildman–Crippen MR) is 84.2 cm³/mol. The van der Waals surface area contributed by atoms with E-state index in [0.29, 0.717) is 25.0 Å². The Morgan fingerprint density at radius 2 is 2.00 bits per heavy atom. The fraction of sp³-hybridized carbons (Fsp3) is 0.923. The average molecular weight is 387 g/mol. The SMILES string of the molecule is CN(C(N)=NCC1CCCCC(F)(F)C1)C1CC1.I. The van der Waals surface area contributed by atoms with Crippen molar-refractivity contribution in [2.24, 2.45) is 16.6 Å². The van der Waals surface area contributed by atoms with Gasteiger partial charge in [-0.05, 0) is 31.6 Å². The highest BCUT2D eigenvalue weighted by molar-refractivity contribution is 14.0.